The van der Waals surface area contributed by atoms with Crippen molar-refractivity contribution in [2.24, 2.45) is 11.7 Å². The minimum absolute atomic E-state index is 0.390. The Kier molecular flexibility index (Phi) is 4.87. The Balaban J connectivity index is 1.93. The van der Waals surface area contributed by atoms with Gasteiger partial charge in [-0.1, -0.05) is 32.6 Å². The molecule has 1 heterocycles. The maximum absolute atomic E-state index is 6.10. The fourth-order valence-electron chi connectivity index (χ4n) is 4.02. The van der Waals surface area contributed by atoms with Crippen molar-refractivity contribution in [1.29, 1.82) is 0 Å². The van der Waals surface area contributed by atoms with Gasteiger partial charge < -0.3 is 5.73 Å². The highest BCUT2D eigenvalue weighted by Gasteiger charge is 2.38. The molecule has 17 heavy (non-hydrogen) atoms. The molecule has 100 valence electrons. The molecule has 1 aliphatic carbocycles. The first kappa shape index (κ1) is 13.4. The molecule has 1 saturated heterocycles. The van der Waals surface area contributed by atoms with Crippen LogP contribution in [-0.4, -0.2) is 30.1 Å². The van der Waals surface area contributed by atoms with Crippen LogP contribution in [0.2, 0.25) is 0 Å². The summed E-state index contributed by atoms with van der Waals surface area (Å²) in [4.78, 5) is 2.76. The number of likely N-dealkylation sites (tertiary alicyclic amines) is 1. The molecule has 2 N–H and O–H groups in total. The number of hydrogen-bond donors (Lipinski definition) is 1. The van der Waals surface area contributed by atoms with Crippen molar-refractivity contribution in [1.82, 2.24) is 4.90 Å². The van der Waals surface area contributed by atoms with Gasteiger partial charge in [0, 0.05) is 12.1 Å². The van der Waals surface area contributed by atoms with Crippen molar-refractivity contribution >= 4 is 0 Å². The second-order valence-corrected chi connectivity index (χ2v) is 6.21. The molecule has 1 aliphatic heterocycles. The molecular formula is C15H30N2. The van der Waals surface area contributed by atoms with Crippen LogP contribution in [0.4, 0.5) is 0 Å². The SMILES string of the molecule is CCCC1CCCN(C2(CN)CCCC2)CC1. The van der Waals surface area contributed by atoms with Crippen molar-refractivity contribution in [2.45, 2.75) is 70.3 Å². The third-order valence-corrected chi connectivity index (χ3v) is 5.13. The van der Waals surface area contributed by atoms with Crippen LogP contribution in [0.3, 0.4) is 0 Å². The second-order valence-electron chi connectivity index (χ2n) is 6.21. The van der Waals surface area contributed by atoms with Crippen LogP contribution in [0, 0.1) is 5.92 Å². The van der Waals surface area contributed by atoms with E-state index in [0.717, 1.165) is 12.5 Å². The zero-order valence-corrected chi connectivity index (χ0v) is 11.6. The van der Waals surface area contributed by atoms with Gasteiger partial charge in [0.15, 0.2) is 0 Å². The maximum atomic E-state index is 6.10. The lowest BCUT2D eigenvalue weighted by atomic mass is 9.94. The molecule has 2 rings (SSSR count). The minimum atomic E-state index is 0.390. The molecule has 0 aromatic carbocycles. The van der Waals surface area contributed by atoms with Gasteiger partial charge in [-0.3, -0.25) is 4.90 Å². The van der Waals surface area contributed by atoms with Crippen LogP contribution < -0.4 is 5.73 Å². The third-order valence-electron chi connectivity index (χ3n) is 5.13. The molecule has 1 saturated carbocycles. The average Bonchev–Trinajstić information content (AvgIpc) is 2.72. The summed E-state index contributed by atoms with van der Waals surface area (Å²) in [5, 5.41) is 0. The summed E-state index contributed by atoms with van der Waals surface area (Å²) in [7, 11) is 0. The van der Waals surface area contributed by atoms with E-state index in [4.69, 9.17) is 5.73 Å². The van der Waals surface area contributed by atoms with E-state index in [-0.39, 0.29) is 0 Å². The van der Waals surface area contributed by atoms with Crippen LogP contribution >= 0.6 is 0 Å². The zero-order chi connectivity index (χ0) is 12.1. The van der Waals surface area contributed by atoms with E-state index in [2.05, 4.69) is 11.8 Å². The van der Waals surface area contributed by atoms with Gasteiger partial charge >= 0.3 is 0 Å². The van der Waals surface area contributed by atoms with E-state index < -0.39 is 0 Å². The van der Waals surface area contributed by atoms with Crippen molar-refractivity contribution in [3.05, 3.63) is 0 Å². The van der Waals surface area contributed by atoms with Crippen molar-refractivity contribution < 1.29 is 0 Å². The molecule has 2 aliphatic rings. The van der Waals surface area contributed by atoms with Crippen LogP contribution in [-0.2, 0) is 0 Å². The maximum Gasteiger partial charge on any atom is 0.0331 e. The predicted molar refractivity (Wildman–Crippen MR) is 74.1 cm³/mol. The van der Waals surface area contributed by atoms with E-state index in [0.29, 0.717) is 5.54 Å². The molecule has 1 unspecified atom stereocenters. The number of nitrogens with two attached hydrogens (primary N) is 1. The Morgan fingerprint density at radius 2 is 1.88 bits per heavy atom. The summed E-state index contributed by atoms with van der Waals surface area (Å²) in [6.45, 7) is 5.81. The topological polar surface area (TPSA) is 29.3 Å². The monoisotopic (exact) mass is 238 g/mol. The summed E-state index contributed by atoms with van der Waals surface area (Å²) in [6, 6.07) is 0. The summed E-state index contributed by atoms with van der Waals surface area (Å²) in [5.74, 6) is 0.987. The predicted octanol–water partition coefficient (Wildman–Crippen LogP) is 3.16. The first-order valence-electron chi connectivity index (χ1n) is 7.76. The van der Waals surface area contributed by atoms with E-state index in [9.17, 15) is 0 Å². The zero-order valence-electron chi connectivity index (χ0n) is 11.6. The van der Waals surface area contributed by atoms with Gasteiger partial charge in [0.1, 0.15) is 0 Å². The molecule has 2 fully saturated rings. The highest BCUT2D eigenvalue weighted by molar-refractivity contribution is 4.96. The van der Waals surface area contributed by atoms with E-state index in [1.165, 1.54) is 70.9 Å². The summed E-state index contributed by atoms with van der Waals surface area (Å²) >= 11 is 0. The van der Waals surface area contributed by atoms with Crippen LogP contribution in [0.25, 0.3) is 0 Å². The second kappa shape index (κ2) is 6.19. The summed E-state index contributed by atoms with van der Waals surface area (Å²) in [6.07, 6.45) is 12.5. The molecule has 2 heteroatoms. The Bertz CT molecular complexity index is 221. The summed E-state index contributed by atoms with van der Waals surface area (Å²) in [5.41, 5.74) is 6.49. The van der Waals surface area contributed by atoms with Crippen LogP contribution in [0.1, 0.15) is 64.7 Å². The normalized spacial score (nSPS) is 30.4. The van der Waals surface area contributed by atoms with Gasteiger partial charge in [-0.25, -0.2) is 0 Å². The molecule has 2 nitrogen and oxygen atoms in total. The van der Waals surface area contributed by atoms with Crippen molar-refractivity contribution in [2.75, 3.05) is 19.6 Å². The van der Waals surface area contributed by atoms with Gasteiger partial charge in [-0.05, 0) is 51.1 Å². The third kappa shape index (κ3) is 3.03. The standard InChI is InChI=1S/C15H30N2/c1-2-6-14-7-5-11-17(12-8-14)15(13-16)9-3-4-10-15/h14H,2-13,16H2,1H3. The molecule has 0 spiro atoms. The summed E-state index contributed by atoms with van der Waals surface area (Å²) < 4.78 is 0. The quantitative estimate of drug-likeness (QED) is 0.815. The minimum Gasteiger partial charge on any atom is -0.329 e. The Hall–Kier alpha value is -0.0800. The van der Waals surface area contributed by atoms with Gasteiger partial charge in [-0.2, -0.15) is 0 Å². The Morgan fingerprint density at radius 3 is 2.53 bits per heavy atom. The smallest absolute Gasteiger partial charge is 0.0331 e. The Labute approximate surface area is 107 Å². The van der Waals surface area contributed by atoms with Crippen molar-refractivity contribution in [3.63, 3.8) is 0 Å². The van der Waals surface area contributed by atoms with E-state index >= 15 is 0 Å². The van der Waals surface area contributed by atoms with Gasteiger partial charge in [0.05, 0.1) is 0 Å². The van der Waals surface area contributed by atoms with Gasteiger partial charge in [0.25, 0.3) is 0 Å². The Morgan fingerprint density at radius 1 is 1.12 bits per heavy atom. The molecule has 1 atom stereocenters. The lowest BCUT2D eigenvalue weighted by molar-refractivity contribution is 0.102. The number of rotatable bonds is 4. The van der Waals surface area contributed by atoms with E-state index in [1.807, 2.05) is 0 Å². The number of hydrogen-bond acceptors (Lipinski definition) is 2. The fourth-order valence-corrected chi connectivity index (χ4v) is 4.02. The largest absolute Gasteiger partial charge is 0.329 e. The molecule has 0 bridgehead atoms. The first-order valence-corrected chi connectivity index (χ1v) is 7.76. The van der Waals surface area contributed by atoms with Crippen LogP contribution in [0.15, 0.2) is 0 Å². The van der Waals surface area contributed by atoms with Crippen molar-refractivity contribution in [3.8, 4) is 0 Å². The highest BCUT2D eigenvalue weighted by atomic mass is 15.2. The lowest BCUT2D eigenvalue weighted by Gasteiger charge is -2.40. The molecule has 0 radical (unpaired) electrons. The molecule has 0 aromatic rings. The molecule has 0 amide bonds. The van der Waals surface area contributed by atoms with Gasteiger partial charge in [-0.15, -0.1) is 0 Å². The fraction of sp³-hybridized carbons (Fsp3) is 1.00. The molecular weight excluding hydrogens is 208 g/mol. The first-order chi connectivity index (χ1) is 8.30. The average molecular weight is 238 g/mol. The lowest BCUT2D eigenvalue weighted by Crippen LogP contribution is -2.52. The molecule has 0 aromatic heterocycles. The number of nitrogens with zero attached hydrogens (tertiary/aromatic N) is 1. The van der Waals surface area contributed by atoms with E-state index in [1.54, 1.807) is 0 Å². The van der Waals surface area contributed by atoms with Gasteiger partial charge in [0.2, 0.25) is 0 Å². The highest BCUT2D eigenvalue weighted by Crippen LogP contribution is 2.36. The van der Waals surface area contributed by atoms with Crippen LogP contribution in [0.5, 0.6) is 0 Å².